The highest BCUT2D eigenvalue weighted by atomic mass is 32.2. The normalized spacial score (nSPS) is 17.0. The molecule has 0 unspecified atom stereocenters. The number of amides is 1. The van der Waals surface area contributed by atoms with Crippen molar-refractivity contribution in [3.63, 3.8) is 0 Å². The highest BCUT2D eigenvalue weighted by Gasteiger charge is 2.53. The summed E-state index contributed by atoms with van der Waals surface area (Å²) in [6.45, 7) is 4.29. The van der Waals surface area contributed by atoms with Gasteiger partial charge in [0.1, 0.15) is 4.21 Å². The molecule has 1 amide bonds. The van der Waals surface area contributed by atoms with E-state index in [4.69, 9.17) is 4.74 Å². The van der Waals surface area contributed by atoms with Crippen molar-refractivity contribution in [2.75, 3.05) is 20.2 Å². The molecule has 1 saturated carbocycles. The van der Waals surface area contributed by atoms with Crippen molar-refractivity contribution in [3.05, 3.63) is 64.6 Å². The fourth-order valence-electron chi connectivity index (χ4n) is 4.09. The van der Waals surface area contributed by atoms with Crippen LogP contribution in [0.2, 0.25) is 0 Å². The van der Waals surface area contributed by atoms with Gasteiger partial charge in [0.2, 0.25) is 5.91 Å². The molecule has 0 saturated heterocycles. The molecule has 0 atom stereocenters. The second kappa shape index (κ2) is 8.22. The molecule has 0 radical (unpaired) electrons. The highest BCUT2D eigenvalue weighted by molar-refractivity contribution is 7.91. The number of sulfonamides is 1. The SMILES string of the molecule is C=CCNS(=O)(=O)c1sc2c(c1C(=O)OC)CCN(C(=O)C1(c3ccccc3)CC1)C2. The Morgan fingerprint density at radius 2 is 2.00 bits per heavy atom. The number of carbonyl (C=O) groups is 2. The average Bonchev–Trinajstić information content (AvgIpc) is 3.51. The number of rotatable bonds is 7. The van der Waals surface area contributed by atoms with E-state index in [2.05, 4.69) is 11.3 Å². The minimum Gasteiger partial charge on any atom is -0.465 e. The first-order valence-corrected chi connectivity index (χ1v) is 12.3. The van der Waals surface area contributed by atoms with Crippen LogP contribution in [0.25, 0.3) is 0 Å². The van der Waals surface area contributed by atoms with Gasteiger partial charge < -0.3 is 9.64 Å². The smallest absolute Gasteiger partial charge is 0.340 e. The Bertz CT molecular complexity index is 1130. The van der Waals surface area contributed by atoms with Gasteiger partial charge in [0.15, 0.2) is 0 Å². The molecule has 9 heteroatoms. The third kappa shape index (κ3) is 3.81. The summed E-state index contributed by atoms with van der Waals surface area (Å²) in [6.07, 6.45) is 3.45. The summed E-state index contributed by atoms with van der Waals surface area (Å²) in [5, 5.41) is 0. The summed E-state index contributed by atoms with van der Waals surface area (Å²) in [4.78, 5) is 28.4. The Kier molecular flexibility index (Phi) is 5.76. The van der Waals surface area contributed by atoms with Crippen LogP contribution in [-0.2, 0) is 37.9 Å². The van der Waals surface area contributed by atoms with Gasteiger partial charge in [-0.3, -0.25) is 4.79 Å². The average molecular weight is 461 g/mol. The minimum absolute atomic E-state index is 0.0513. The summed E-state index contributed by atoms with van der Waals surface area (Å²) in [5.74, 6) is -0.620. The van der Waals surface area contributed by atoms with Gasteiger partial charge in [-0.2, -0.15) is 0 Å². The van der Waals surface area contributed by atoms with Gasteiger partial charge in [-0.25, -0.2) is 17.9 Å². The summed E-state index contributed by atoms with van der Waals surface area (Å²) in [6, 6.07) is 9.77. The van der Waals surface area contributed by atoms with Crippen molar-refractivity contribution in [2.24, 2.45) is 0 Å². The molecule has 7 nitrogen and oxygen atoms in total. The molecule has 1 fully saturated rings. The molecule has 2 heterocycles. The van der Waals surface area contributed by atoms with E-state index in [9.17, 15) is 18.0 Å². The fraction of sp³-hybridized carbons (Fsp3) is 0.364. The van der Waals surface area contributed by atoms with Crippen LogP contribution in [0.3, 0.4) is 0 Å². The maximum Gasteiger partial charge on any atom is 0.340 e. The van der Waals surface area contributed by atoms with Crippen LogP contribution in [0.5, 0.6) is 0 Å². The maximum atomic E-state index is 13.4. The van der Waals surface area contributed by atoms with Crippen LogP contribution in [0.15, 0.2) is 47.2 Å². The van der Waals surface area contributed by atoms with Gasteiger partial charge in [0, 0.05) is 18.0 Å². The Hall–Kier alpha value is -2.49. The quantitative estimate of drug-likeness (QED) is 0.507. The fourth-order valence-corrected chi connectivity index (χ4v) is 7.04. The lowest BCUT2D eigenvalue weighted by Crippen LogP contribution is -2.42. The zero-order chi connectivity index (χ0) is 22.2. The van der Waals surface area contributed by atoms with Crippen LogP contribution >= 0.6 is 11.3 Å². The first-order valence-electron chi connectivity index (χ1n) is 10.0. The predicted molar refractivity (Wildman–Crippen MR) is 118 cm³/mol. The van der Waals surface area contributed by atoms with Crippen molar-refractivity contribution < 1.29 is 22.7 Å². The van der Waals surface area contributed by atoms with Gasteiger partial charge in [0.05, 0.1) is 24.6 Å². The van der Waals surface area contributed by atoms with E-state index in [1.165, 1.54) is 13.2 Å². The number of carbonyl (C=O) groups excluding carboxylic acids is 2. The molecular formula is C22H24N2O5S2. The van der Waals surface area contributed by atoms with Crippen molar-refractivity contribution in [2.45, 2.75) is 35.4 Å². The number of thiophene rings is 1. The van der Waals surface area contributed by atoms with Gasteiger partial charge in [-0.15, -0.1) is 17.9 Å². The van der Waals surface area contributed by atoms with Crippen LogP contribution in [0.4, 0.5) is 0 Å². The zero-order valence-electron chi connectivity index (χ0n) is 17.2. The lowest BCUT2D eigenvalue weighted by Gasteiger charge is -2.31. The van der Waals surface area contributed by atoms with E-state index in [-0.39, 0.29) is 28.8 Å². The molecule has 1 aliphatic heterocycles. The summed E-state index contributed by atoms with van der Waals surface area (Å²) in [5.41, 5.74) is 1.27. The molecule has 2 aliphatic rings. The third-order valence-electron chi connectivity index (χ3n) is 5.85. The molecule has 1 N–H and O–H groups in total. The third-order valence-corrected chi connectivity index (χ3v) is 9.01. The molecule has 1 aliphatic carbocycles. The molecule has 1 aromatic heterocycles. The molecule has 0 bridgehead atoms. The van der Waals surface area contributed by atoms with Gasteiger partial charge >= 0.3 is 5.97 Å². The lowest BCUT2D eigenvalue weighted by atomic mass is 9.93. The topological polar surface area (TPSA) is 92.8 Å². The van der Waals surface area contributed by atoms with Crippen molar-refractivity contribution in [3.8, 4) is 0 Å². The zero-order valence-corrected chi connectivity index (χ0v) is 18.9. The largest absolute Gasteiger partial charge is 0.465 e. The standard InChI is InChI=1S/C22H24N2O5S2/c1-3-12-23-31(27,28)20-18(19(25)29-2)16-9-13-24(14-17(16)30-20)21(26)22(10-11-22)15-7-5-4-6-8-15/h3-8,23H,1,9-14H2,2H3. The van der Waals surface area contributed by atoms with Crippen LogP contribution in [0, 0.1) is 0 Å². The van der Waals surface area contributed by atoms with E-state index in [1.807, 2.05) is 30.3 Å². The van der Waals surface area contributed by atoms with E-state index >= 15 is 0 Å². The van der Waals surface area contributed by atoms with Crippen LogP contribution in [-0.4, -0.2) is 45.4 Å². The number of ether oxygens (including phenoxy) is 1. The highest BCUT2D eigenvalue weighted by Crippen LogP contribution is 2.50. The number of esters is 1. The molecule has 1 aromatic carbocycles. The maximum absolute atomic E-state index is 13.4. The molecule has 31 heavy (non-hydrogen) atoms. The van der Waals surface area contributed by atoms with E-state index in [0.29, 0.717) is 23.4 Å². The molecule has 164 valence electrons. The van der Waals surface area contributed by atoms with Crippen molar-refractivity contribution in [1.82, 2.24) is 9.62 Å². The van der Waals surface area contributed by atoms with E-state index in [1.54, 1.807) is 4.90 Å². The first-order chi connectivity index (χ1) is 14.8. The van der Waals surface area contributed by atoms with Crippen molar-refractivity contribution in [1.29, 1.82) is 0 Å². The number of hydrogen-bond acceptors (Lipinski definition) is 6. The summed E-state index contributed by atoms with van der Waals surface area (Å²) >= 11 is 1.03. The molecule has 0 spiro atoms. The monoisotopic (exact) mass is 460 g/mol. The number of hydrogen-bond donors (Lipinski definition) is 1. The minimum atomic E-state index is -3.91. The number of nitrogens with one attached hydrogen (secondary N) is 1. The Labute approximate surface area is 185 Å². The number of nitrogens with zero attached hydrogens (tertiary/aromatic N) is 1. The molecule has 2 aromatic rings. The Balaban J connectivity index is 1.66. The second-order valence-corrected chi connectivity index (χ2v) is 10.8. The summed E-state index contributed by atoms with van der Waals surface area (Å²) in [7, 11) is -2.67. The van der Waals surface area contributed by atoms with Crippen LogP contribution < -0.4 is 4.72 Å². The molecule has 4 rings (SSSR count). The Morgan fingerprint density at radius 3 is 2.61 bits per heavy atom. The van der Waals surface area contributed by atoms with E-state index in [0.717, 1.165) is 29.7 Å². The first kappa shape index (κ1) is 21.7. The van der Waals surface area contributed by atoms with E-state index < -0.39 is 21.4 Å². The second-order valence-electron chi connectivity index (χ2n) is 7.72. The number of benzene rings is 1. The molecular weight excluding hydrogens is 436 g/mol. The van der Waals surface area contributed by atoms with Gasteiger partial charge in [-0.1, -0.05) is 36.4 Å². The lowest BCUT2D eigenvalue weighted by molar-refractivity contribution is -0.134. The van der Waals surface area contributed by atoms with Gasteiger partial charge in [-0.05, 0) is 30.4 Å². The van der Waals surface area contributed by atoms with Crippen LogP contribution in [0.1, 0.15) is 39.2 Å². The van der Waals surface area contributed by atoms with Gasteiger partial charge in [0.25, 0.3) is 10.0 Å². The summed E-state index contributed by atoms with van der Waals surface area (Å²) < 4.78 is 32.8. The number of fused-ring (bicyclic) bond motifs is 1. The van der Waals surface area contributed by atoms with Crippen molar-refractivity contribution >= 4 is 33.2 Å². The number of methoxy groups -OCH3 is 1. The Morgan fingerprint density at radius 1 is 1.29 bits per heavy atom. The predicted octanol–water partition coefficient (Wildman–Crippen LogP) is 2.62.